The molecule has 1 saturated heterocycles. The summed E-state index contributed by atoms with van der Waals surface area (Å²) in [4.78, 5) is 6.66. The highest BCUT2D eigenvalue weighted by Gasteiger charge is 2.28. The highest BCUT2D eigenvalue weighted by atomic mass is 15.5. The minimum Gasteiger partial charge on any atom is -0.290 e. The van der Waals surface area contributed by atoms with Crippen LogP contribution in [0.25, 0.3) is 0 Å². The quantitative estimate of drug-likeness (QED) is 0.718. The average Bonchev–Trinajstić information content (AvgIpc) is 3.12. The largest absolute Gasteiger partial charge is 0.290 e. The Balaban J connectivity index is 1.69. The molecule has 0 unspecified atom stereocenters. The van der Waals surface area contributed by atoms with Crippen molar-refractivity contribution >= 4 is 0 Å². The lowest BCUT2D eigenvalue weighted by Crippen LogP contribution is -2.36. The molecular formula is C19H22N6. The lowest BCUT2D eigenvalue weighted by Gasteiger charge is -2.33. The predicted molar refractivity (Wildman–Crippen MR) is 94.9 cm³/mol. The van der Waals surface area contributed by atoms with Gasteiger partial charge in [-0.3, -0.25) is 9.88 Å². The van der Waals surface area contributed by atoms with Crippen molar-refractivity contribution in [3.63, 3.8) is 0 Å². The van der Waals surface area contributed by atoms with Crippen molar-refractivity contribution in [3.05, 3.63) is 71.8 Å². The van der Waals surface area contributed by atoms with Gasteiger partial charge in [0.05, 0.1) is 12.6 Å². The number of rotatable bonds is 5. The number of pyridine rings is 1. The molecule has 3 heterocycles. The number of tetrazole rings is 1. The van der Waals surface area contributed by atoms with Gasteiger partial charge in [0.15, 0.2) is 5.82 Å². The van der Waals surface area contributed by atoms with Crippen molar-refractivity contribution in [1.29, 1.82) is 0 Å². The summed E-state index contributed by atoms with van der Waals surface area (Å²) in [6, 6.07) is 14.5. The summed E-state index contributed by atoms with van der Waals surface area (Å²) >= 11 is 0. The monoisotopic (exact) mass is 334 g/mol. The minimum absolute atomic E-state index is 0.0713. The Hall–Kier alpha value is -2.60. The van der Waals surface area contributed by atoms with Crippen LogP contribution in [0.4, 0.5) is 0 Å². The summed E-state index contributed by atoms with van der Waals surface area (Å²) in [5.74, 6) is 0.900. The molecule has 0 saturated carbocycles. The van der Waals surface area contributed by atoms with Gasteiger partial charge in [-0.1, -0.05) is 36.8 Å². The van der Waals surface area contributed by atoms with Crippen LogP contribution < -0.4 is 0 Å². The molecule has 1 aromatic carbocycles. The molecule has 1 fully saturated rings. The Bertz CT molecular complexity index is 780. The molecule has 0 N–H and O–H groups in total. The predicted octanol–water partition coefficient (Wildman–Crippen LogP) is 2.69. The van der Waals surface area contributed by atoms with E-state index < -0.39 is 0 Å². The summed E-state index contributed by atoms with van der Waals surface area (Å²) in [5, 5.41) is 12.7. The topological polar surface area (TPSA) is 59.7 Å². The Morgan fingerprint density at radius 1 is 0.920 bits per heavy atom. The molecule has 2 aromatic heterocycles. The highest BCUT2D eigenvalue weighted by Crippen LogP contribution is 2.29. The van der Waals surface area contributed by atoms with Crippen molar-refractivity contribution in [2.24, 2.45) is 0 Å². The third kappa shape index (κ3) is 3.58. The molecule has 3 aromatic rings. The second kappa shape index (κ2) is 7.53. The van der Waals surface area contributed by atoms with E-state index in [1.54, 1.807) is 0 Å². The standard InChI is InChI=1S/C19H22N6/c1-3-7-16(8-4-1)15-25-19(21-22-23-25)18(17-9-11-20-12-10-17)24-13-5-2-6-14-24/h1,3-4,7-12,18H,2,5-6,13-15H2/t18-/m0/s1. The number of piperidine rings is 1. The number of nitrogens with zero attached hydrogens (tertiary/aromatic N) is 6. The summed E-state index contributed by atoms with van der Waals surface area (Å²) in [6.45, 7) is 2.83. The van der Waals surface area contributed by atoms with Gasteiger partial charge in [-0.05, 0) is 59.6 Å². The van der Waals surface area contributed by atoms with Crippen molar-refractivity contribution in [1.82, 2.24) is 30.1 Å². The number of hydrogen-bond donors (Lipinski definition) is 0. The SMILES string of the molecule is c1ccc(Cn2nnnc2[C@H](c2ccncc2)N2CCCCC2)cc1. The van der Waals surface area contributed by atoms with Crippen LogP contribution in [0.15, 0.2) is 54.9 Å². The summed E-state index contributed by atoms with van der Waals surface area (Å²) in [7, 11) is 0. The van der Waals surface area contributed by atoms with E-state index in [2.05, 4.69) is 49.7 Å². The zero-order valence-corrected chi connectivity index (χ0v) is 14.2. The van der Waals surface area contributed by atoms with E-state index in [1.165, 1.54) is 30.4 Å². The zero-order valence-electron chi connectivity index (χ0n) is 14.2. The molecule has 1 atom stereocenters. The van der Waals surface area contributed by atoms with Crippen LogP contribution in [0.5, 0.6) is 0 Å². The fraction of sp³-hybridized carbons (Fsp3) is 0.368. The van der Waals surface area contributed by atoms with Crippen LogP contribution in [0.3, 0.4) is 0 Å². The summed E-state index contributed by atoms with van der Waals surface area (Å²) < 4.78 is 1.93. The molecule has 6 heteroatoms. The van der Waals surface area contributed by atoms with E-state index in [4.69, 9.17) is 0 Å². The summed E-state index contributed by atoms with van der Waals surface area (Å²) in [6.07, 6.45) is 7.44. The third-order valence-electron chi connectivity index (χ3n) is 4.76. The minimum atomic E-state index is 0.0713. The van der Waals surface area contributed by atoms with E-state index >= 15 is 0 Å². The van der Waals surface area contributed by atoms with Gasteiger partial charge in [0, 0.05) is 12.4 Å². The molecule has 25 heavy (non-hydrogen) atoms. The van der Waals surface area contributed by atoms with Gasteiger partial charge in [-0.15, -0.1) is 5.10 Å². The first-order valence-corrected chi connectivity index (χ1v) is 8.86. The lowest BCUT2D eigenvalue weighted by atomic mass is 10.0. The number of hydrogen-bond acceptors (Lipinski definition) is 5. The van der Waals surface area contributed by atoms with Gasteiger partial charge in [-0.25, -0.2) is 4.68 Å². The first-order chi connectivity index (χ1) is 12.4. The molecule has 1 aliphatic heterocycles. The van der Waals surface area contributed by atoms with Crippen LogP contribution in [0.2, 0.25) is 0 Å². The van der Waals surface area contributed by atoms with Gasteiger partial charge < -0.3 is 0 Å². The fourth-order valence-corrected chi connectivity index (χ4v) is 3.52. The van der Waals surface area contributed by atoms with Crippen molar-refractivity contribution in [2.45, 2.75) is 31.8 Å². The number of likely N-dealkylation sites (tertiary alicyclic amines) is 1. The average molecular weight is 334 g/mol. The van der Waals surface area contributed by atoms with Crippen LogP contribution >= 0.6 is 0 Å². The van der Waals surface area contributed by atoms with Crippen LogP contribution in [0, 0.1) is 0 Å². The van der Waals surface area contributed by atoms with E-state index in [0.717, 1.165) is 18.9 Å². The number of benzene rings is 1. The molecule has 4 rings (SSSR count). The Kier molecular flexibility index (Phi) is 4.79. The molecular weight excluding hydrogens is 312 g/mol. The van der Waals surface area contributed by atoms with Gasteiger partial charge in [0.2, 0.25) is 0 Å². The maximum atomic E-state index is 4.40. The van der Waals surface area contributed by atoms with Crippen molar-refractivity contribution in [3.8, 4) is 0 Å². The van der Waals surface area contributed by atoms with E-state index in [-0.39, 0.29) is 6.04 Å². The molecule has 0 aliphatic carbocycles. The smallest absolute Gasteiger partial charge is 0.173 e. The Morgan fingerprint density at radius 2 is 1.68 bits per heavy atom. The summed E-state index contributed by atoms with van der Waals surface area (Å²) in [5.41, 5.74) is 2.39. The van der Waals surface area contributed by atoms with Crippen LogP contribution in [-0.4, -0.2) is 43.2 Å². The molecule has 1 aliphatic rings. The second-order valence-electron chi connectivity index (χ2n) is 6.46. The Morgan fingerprint density at radius 3 is 2.44 bits per heavy atom. The molecule has 0 radical (unpaired) electrons. The highest BCUT2D eigenvalue weighted by molar-refractivity contribution is 5.23. The van der Waals surface area contributed by atoms with Gasteiger partial charge in [0.1, 0.15) is 0 Å². The van der Waals surface area contributed by atoms with Gasteiger partial charge in [-0.2, -0.15) is 0 Å². The maximum Gasteiger partial charge on any atom is 0.173 e. The molecule has 0 bridgehead atoms. The third-order valence-corrected chi connectivity index (χ3v) is 4.76. The molecule has 0 amide bonds. The van der Waals surface area contributed by atoms with Crippen LogP contribution in [-0.2, 0) is 6.54 Å². The second-order valence-corrected chi connectivity index (χ2v) is 6.46. The first-order valence-electron chi connectivity index (χ1n) is 8.86. The maximum absolute atomic E-state index is 4.40. The first kappa shape index (κ1) is 15.9. The Labute approximate surface area is 147 Å². The fourth-order valence-electron chi connectivity index (χ4n) is 3.52. The zero-order chi connectivity index (χ0) is 16.9. The van der Waals surface area contributed by atoms with E-state index in [9.17, 15) is 0 Å². The molecule has 128 valence electrons. The van der Waals surface area contributed by atoms with Crippen molar-refractivity contribution < 1.29 is 0 Å². The number of aromatic nitrogens is 5. The van der Waals surface area contributed by atoms with E-state index in [0.29, 0.717) is 6.54 Å². The normalized spacial score (nSPS) is 16.6. The van der Waals surface area contributed by atoms with Gasteiger partial charge in [0.25, 0.3) is 0 Å². The van der Waals surface area contributed by atoms with Crippen LogP contribution in [0.1, 0.15) is 42.3 Å². The molecule has 0 spiro atoms. The molecule has 6 nitrogen and oxygen atoms in total. The van der Waals surface area contributed by atoms with Crippen molar-refractivity contribution in [2.75, 3.05) is 13.1 Å². The lowest BCUT2D eigenvalue weighted by molar-refractivity contribution is 0.178. The van der Waals surface area contributed by atoms with E-state index in [1.807, 2.05) is 35.3 Å². The van der Waals surface area contributed by atoms with Gasteiger partial charge >= 0.3 is 0 Å².